The van der Waals surface area contributed by atoms with E-state index < -0.39 is 0 Å². The third-order valence-electron chi connectivity index (χ3n) is 2.04. The summed E-state index contributed by atoms with van der Waals surface area (Å²) in [4.78, 5) is 5.27. The minimum Gasteiger partial charge on any atom is -0.392 e. The van der Waals surface area contributed by atoms with Gasteiger partial charge in [0.2, 0.25) is 0 Å². The summed E-state index contributed by atoms with van der Waals surface area (Å²) in [5, 5.41) is 4.04. The van der Waals surface area contributed by atoms with Crippen LogP contribution < -0.4 is 0 Å². The van der Waals surface area contributed by atoms with Crippen molar-refractivity contribution in [2.75, 3.05) is 0 Å². The second kappa shape index (κ2) is 3.74. The molecule has 0 saturated carbocycles. The molecular formula is C9H17NO. The fourth-order valence-electron chi connectivity index (χ4n) is 1.24. The number of rotatable bonds is 3. The fourth-order valence-corrected chi connectivity index (χ4v) is 1.24. The minimum absolute atomic E-state index is 0.344. The van der Waals surface area contributed by atoms with Crippen molar-refractivity contribution in [3.05, 3.63) is 0 Å². The molecule has 2 heteroatoms. The molecule has 0 saturated heterocycles. The molecule has 64 valence electrons. The Balaban J connectivity index is 2.31. The molecule has 0 radical (unpaired) electrons. The van der Waals surface area contributed by atoms with Crippen LogP contribution in [0.3, 0.4) is 0 Å². The maximum atomic E-state index is 5.27. The molecule has 0 aliphatic carbocycles. The van der Waals surface area contributed by atoms with Gasteiger partial charge in [0, 0.05) is 6.42 Å². The van der Waals surface area contributed by atoms with Gasteiger partial charge in [-0.05, 0) is 12.3 Å². The molecule has 0 N–H and O–H groups in total. The largest absolute Gasteiger partial charge is 0.392 e. The molecule has 2 nitrogen and oxygen atoms in total. The molecule has 11 heavy (non-hydrogen) atoms. The van der Waals surface area contributed by atoms with Gasteiger partial charge in [-0.1, -0.05) is 32.3 Å². The van der Waals surface area contributed by atoms with E-state index >= 15 is 0 Å². The second-order valence-electron chi connectivity index (χ2n) is 3.50. The molecule has 1 rings (SSSR count). The molecule has 0 aromatic rings. The van der Waals surface area contributed by atoms with E-state index in [1.807, 2.05) is 0 Å². The van der Waals surface area contributed by atoms with Crippen LogP contribution in [0.2, 0.25) is 0 Å². The maximum Gasteiger partial charge on any atom is 0.135 e. The summed E-state index contributed by atoms with van der Waals surface area (Å²) in [5.74, 6) is 0.591. The number of hydrogen-bond acceptors (Lipinski definition) is 2. The van der Waals surface area contributed by atoms with E-state index in [4.69, 9.17) is 4.84 Å². The van der Waals surface area contributed by atoms with Crippen molar-refractivity contribution in [3.8, 4) is 0 Å². The summed E-state index contributed by atoms with van der Waals surface area (Å²) in [5.41, 5.74) is 1.24. The van der Waals surface area contributed by atoms with Gasteiger partial charge in [0.05, 0.1) is 5.71 Å². The molecule has 1 aliphatic rings. The van der Waals surface area contributed by atoms with E-state index in [1.54, 1.807) is 0 Å². The molecule has 1 heterocycles. The van der Waals surface area contributed by atoms with Gasteiger partial charge in [-0.25, -0.2) is 0 Å². The van der Waals surface area contributed by atoms with Crippen LogP contribution >= 0.6 is 0 Å². The van der Waals surface area contributed by atoms with Crippen molar-refractivity contribution in [2.45, 2.75) is 46.1 Å². The van der Waals surface area contributed by atoms with Crippen molar-refractivity contribution in [2.24, 2.45) is 11.1 Å². The van der Waals surface area contributed by atoms with Gasteiger partial charge >= 0.3 is 0 Å². The molecule has 1 unspecified atom stereocenters. The normalized spacial score (nSPS) is 23.6. The summed E-state index contributed by atoms with van der Waals surface area (Å²) < 4.78 is 0. The van der Waals surface area contributed by atoms with Crippen LogP contribution in [0, 0.1) is 5.92 Å². The standard InChI is InChI=1S/C9H17NO/c1-4-5-8-6-9(7(2)3)11-10-8/h7,9H,4-6H2,1-3H3. The molecule has 0 aromatic carbocycles. The Morgan fingerprint density at radius 2 is 2.36 bits per heavy atom. The first-order valence-electron chi connectivity index (χ1n) is 4.45. The Morgan fingerprint density at radius 1 is 1.64 bits per heavy atom. The zero-order chi connectivity index (χ0) is 8.27. The fraction of sp³-hybridized carbons (Fsp3) is 0.889. The smallest absolute Gasteiger partial charge is 0.135 e. The van der Waals surface area contributed by atoms with Gasteiger partial charge in [0.15, 0.2) is 0 Å². The van der Waals surface area contributed by atoms with Crippen molar-refractivity contribution in [1.29, 1.82) is 0 Å². The number of nitrogens with zero attached hydrogens (tertiary/aromatic N) is 1. The maximum absolute atomic E-state index is 5.27. The highest BCUT2D eigenvalue weighted by atomic mass is 16.6. The van der Waals surface area contributed by atoms with E-state index in [0.717, 1.165) is 12.8 Å². The van der Waals surface area contributed by atoms with Crippen LogP contribution in [0.5, 0.6) is 0 Å². The summed E-state index contributed by atoms with van der Waals surface area (Å²) in [6, 6.07) is 0. The van der Waals surface area contributed by atoms with E-state index in [0.29, 0.717) is 12.0 Å². The molecule has 0 aromatic heterocycles. The van der Waals surface area contributed by atoms with Gasteiger partial charge < -0.3 is 4.84 Å². The monoisotopic (exact) mass is 155 g/mol. The lowest BCUT2D eigenvalue weighted by atomic mass is 10.0. The number of hydrogen-bond donors (Lipinski definition) is 0. The predicted octanol–water partition coefficient (Wildman–Crippen LogP) is 2.59. The molecule has 0 fully saturated rings. The van der Waals surface area contributed by atoms with Crippen molar-refractivity contribution in [1.82, 2.24) is 0 Å². The van der Waals surface area contributed by atoms with Crippen molar-refractivity contribution < 1.29 is 4.84 Å². The molecule has 0 amide bonds. The Bertz CT molecular complexity index is 152. The number of oxime groups is 1. The third-order valence-corrected chi connectivity index (χ3v) is 2.04. The topological polar surface area (TPSA) is 21.6 Å². The average molecular weight is 155 g/mol. The van der Waals surface area contributed by atoms with E-state index in [1.165, 1.54) is 12.1 Å². The van der Waals surface area contributed by atoms with Crippen LogP contribution in [-0.2, 0) is 4.84 Å². The SMILES string of the molecule is CCCC1=NOC(C(C)C)C1. The third kappa shape index (κ3) is 2.21. The molecule has 1 atom stereocenters. The van der Waals surface area contributed by atoms with Crippen LogP contribution in [-0.4, -0.2) is 11.8 Å². The second-order valence-corrected chi connectivity index (χ2v) is 3.50. The van der Waals surface area contributed by atoms with Gasteiger partial charge in [0.25, 0.3) is 0 Å². The zero-order valence-electron chi connectivity index (χ0n) is 7.63. The lowest BCUT2D eigenvalue weighted by Crippen LogP contribution is -2.14. The van der Waals surface area contributed by atoms with E-state index in [9.17, 15) is 0 Å². The summed E-state index contributed by atoms with van der Waals surface area (Å²) in [6.45, 7) is 6.52. The highest BCUT2D eigenvalue weighted by molar-refractivity contribution is 5.85. The van der Waals surface area contributed by atoms with E-state index in [2.05, 4.69) is 25.9 Å². The minimum atomic E-state index is 0.344. The Hall–Kier alpha value is -0.530. The van der Waals surface area contributed by atoms with Crippen molar-refractivity contribution >= 4 is 5.71 Å². The Morgan fingerprint density at radius 3 is 2.82 bits per heavy atom. The highest BCUT2D eigenvalue weighted by Gasteiger charge is 2.22. The van der Waals surface area contributed by atoms with E-state index in [-0.39, 0.29) is 0 Å². The summed E-state index contributed by atoms with van der Waals surface area (Å²) in [6.07, 6.45) is 3.67. The first-order chi connectivity index (χ1) is 5.24. The van der Waals surface area contributed by atoms with Crippen LogP contribution in [0.25, 0.3) is 0 Å². The molecule has 0 spiro atoms. The summed E-state index contributed by atoms with van der Waals surface area (Å²) >= 11 is 0. The average Bonchev–Trinajstić information content (AvgIpc) is 2.37. The van der Waals surface area contributed by atoms with Crippen molar-refractivity contribution in [3.63, 3.8) is 0 Å². The van der Waals surface area contributed by atoms with Crippen LogP contribution in [0.15, 0.2) is 5.16 Å². The Kier molecular flexibility index (Phi) is 2.92. The van der Waals surface area contributed by atoms with Gasteiger partial charge in [-0.3, -0.25) is 0 Å². The summed E-state index contributed by atoms with van der Waals surface area (Å²) in [7, 11) is 0. The Labute approximate surface area is 68.6 Å². The van der Waals surface area contributed by atoms with Gasteiger partial charge in [-0.15, -0.1) is 0 Å². The molecule has 0 bridgehead atoms. The van der Waals surface area contributed by atoms with Gasteiger partial charge in [-0.2, -0.15) is 0 Å². The first kappa shape index (κ1) is 8.57. The lowest BCUT2D eigenvalue weighted by molar-refractivity contribution is 0.0521. The molecular weight excluding hydrogens is 138 g/mol. The highest BCUT2D eigenvalue weighted by Crippen LogP contribution is 2.19. The quantitative estimate of drug-likeness (QED) is 0.614. The zero-order valence-corrected chi connectivity index (χ0v) is 7.63. The van der Waals surface area contributed by atoms with Crippen LogP contribution in [0.1, 0.15) is 40.0 Å². The first-order valence-corrected chi connectivity index (χ1v) is 4.45. The van der Waals surface area contributed by atoms with Crippen LogP contribution in [0.4, 0.5) is 0 Å². The van der Waals surface area contributed by atoms with Gasteiger partial charge in [0.1, 0.15) is 6.10 Å². The lowest BCUT2D eigenvalue weighted by Gasteiger charge is -2.10. The predicted molar refractivity (Wildman–Crippen MR) is 46.7 cm³/mol. The molecule has 1 aliphatic heterocycles.